The van der Waals surface area contributed by atoms with Crippen LogP contribution in [0.15, 0.2) is 0 Å². The molecule has 0 unspecified atom stereocenters. The number of nitrogens with one attached hydrogen (secondary N) is 2. The van der Waals surface area contributed by atoms with Gasteiger partial charge >= 0.3 is 24.0 Å². The molecule has 0 aromatic carbocycles. The maximum absolute atomic E-state index is 11.7. The van der Waals surface area contributed by atoms with Crippen molar-refractivity contribution in [3.05, 3.63) is 0 Å². The van der Waals surface area contributed by atoms with Gasteiger partial charge in [0.1, 0.15) is 0 Å². The second-order valence-corrected chi connectivity index (χ2v) is 3.38. The number of carboxylic acids is 1. The lowest BCUT2D eigenvalue weighted by Gasteiger charge is -2.07. The summed E-state index contributed by atoms with van der Waals surface area (Å²) in [4.78, 5) is 31.0. The maximum Gasteiger partial charge on any atom is 0.471 e. The van der Waals surface area contributed by atoms with Crippen molar-refractivity contribution in [1.82, 2.24) is 10.6 Å². The summed E-state index contributed by atoms with van der Waals surface area (Å²) in [5.74, 6) is -4.70. The number of carbonyl (C=O) groups is 3. The first-order chi connectivity index (χ1) is 8.25. The van der Waals surface area contributed by atoms with Crippen LogP contribution in [0.4, 0.5) is 13.2 Å². The molecule has 0 spiro atoms. The van der Waals surface area contributed by atoms with Gasteiger partial charge in [0.25, 0.3) is 0 Å². The van der Waals surface area contributed by atoms with Crippen LogP contribution in [0, 0.1) is 0 Å². The van der Waals surface area contributed by atoms with Crippen molar-refractivity contribution in [2.45, 2.75) is 25.4 Å². The summed E-state index contributed by atoms with van der Waals surface area (Å²) in [6, 6.07) is 0. The Morgan fingerprint density at radius 3 is 1.89 bits per heavy atom. The van der Waals surface area contributed by atoms with E-state index in [9.17, 15) is 27.6 Å². The molecule has 0 heterocycles. The van der Waals surface area contributed by atoms with Gasteiger partial charge in [-0.15, -0.1) is 0 Å². The van der Waals surface area contributed by atoms with E-state index in [-0.39, 0.29) is 13.1 Å². The van der Waals surface area contributed by atoms with Crippen LogP contribution < -0.4 is 10.6 Å². The van der Waals surface area contributed by atoms with Gasteiger partial charge in [-0.2, -0.15) is 13.2 Å². The summed E-state index contributed by atoms with van der Waals surface area (Å²) in [5.41, 5.74) is 0. The molecule has 0 radical (unpaired) electrons. The second-order valence-electron chi connectivity index (χ2n) is 3.38. The number of aliphatic carboxylic acids is 1. The van der Waals surface area contributed by atoms with E-state index in [4.69, 9.17) is 5.11 Å². The third kappa shape index (κ3) is 7.47. The van der Waals surface area contributed by atoms with Gasteiger partial charge in [-0.3, -0.25) is 9.59 Å². The summed E-state index contributed by atoms with van der Waals surface area (Å²) in [7, 11) is 0. The Labute approximate surface area is 101 Å². The lowest BCUT2D eigenvalue weighted by Crippen LogP contribution is -2.37. The fourth-order valence-electron chi connectivity index (χ4n) is 1.01. The Morgan fingerprint density at radius 2 is 1.44 bits per heavy atom. The topological polar surface area (TPSA) is 95.5 Å². The number of carbonyl (C=O) groups excluding carboxylic acids is 2. The lowest BCUT2D eigenvalue weighted by atomic mass is 10.2. The number of carboxylic acid groups (broad SMARTS) is 1. The fraction of sp³-hybridized carbons (Fsp3) is 0.667. The van der Waals surface area contributed by atoms with Crippen molar-refractivity contribution < 1.29 is 32.7 Å². The molecule has 0 rings (SSSR count). The van der Waals surface area contributed by atoms with Crippen LogP contribution in [0.25, 0.3) is 0 Å². The first-order valence-electron chi connectivity index (χ1n) is 5.11. The minimum atomic E-state index is -4.88. The molecule has 0 saturated heterocycles. The molecule has 0 aliphatic heterocycles. The molecule has 0 atom stereocenters. The zero-order chi connectivity index (χ0) is 14.2. The Morgan fingerprint density at radius 1 is 0.944 bits per heavy atom. The minimum Gasteiger partial charge on any atom is -0.474 e. The van der Waals surface area contributed by atoms with E-state index in [1.807, 2.05) is 0 Å². The molecular formula is C9H13F3N2O4. The van der Waals surface area contributed by atoms with Gasteiger partial charge in [-0.25, -0.2) is 4.79 Å². The summed E-state index contributed by atoms with van der Waals surface area (Å²) in [5, 5.41) is 12.0. The summed E-state index contributed by atoms with van der Waals surface area (Å²) >= 11 is 0. The van der Waals surface area contributed by atoms with E-state index in [2.05, 4.69) is 5.32 Å². The fourth-order valence-corrected chi connectivity index (χ4v) is 1.01. The number of hydrogen-bond donors (Lipinski definition) is 3. The zero-order valence-corrected chi connectivity index (χ0v) is 9.34. The number of alkyl halides is 3. The van der Waals surface area contributed by atoms with Gasteiger partial charge in [0.2, 0.25) is 0 Å². The van der Waals surface area contributed by atoms with Crippen LogP contribution in [0.5, 0.6) is 0 Å². The summed E-state index contributed by atoms with van der Waals surface area (Å²) in [6.07, 6.45) is -3.70. The summed E-state index contributed by atoms with van der Waals surface area (Å²) < 4.78 is 35.2. The molecule has 104 valence electrons. The Bertz CT molecular complexity index is 317. The number of hydrogen-bond acceptors (Lipinski definition) is 3. The maximum atomic E-state index is 11.7. The lowest BCUT2D eigenvalue weighted by molar-refractivity contribution is -0.173. The van der Waals surface area contributed by atoms with E-state index in [0.29, 0.717) is 19.3 Å². The standard InChI is InChI=1S/C9H13F3N2O4/c10-9(11,12)8(18)14-5-3-1-2-4-13-6(15)7(16)17/h1-5H2,(H,13,15)(H,14,18)(H,16,17). The highest BCUT2D eigenvalue weighted by Crippen LogP contribution is 2.13. The average Bonchev–Trinajstić information content (AvgIpc) is 2.25. The van der Waals surface area contributed by atoms with Crippen LogP contribution in [-0.4, -0.2) is 42.2 Å². The van der Waals surface area contributed by atoms with E-state index >= 15 is 0 Å². The predicted molar refractivity (Wildman–Crippen MR) is 53.6 cm³/mol. The van der Waals surface area contributed by atoms with Gasteiger partial charge in [-0.05, 0) is 19.3 Å². The van der Waals surface area contributed by atoms with Crippen LogP contribution in [0.2, 0.25) is 0 Å². The van der Waals surface area contributed by atoms with Crippen LogP contribution in [-0.2, 0) is 14.4 Å². The number of rotatable bonds is 6. The third-order valence-electron chi connectivity index (χ3n) is 1.88. The molecule has 2 amide bonds. The molecule has 0 aromatic rings. The van der Waals surface area contributed by atoms with Gasteiger partial charge < -0.3 is 15.7 Å². The van der Waals surface area contributed by atoms with Crippen molar-refractivity contribution in [1.29, 1.82) is 0 Å². The third-order valence-corrected chi connectivity index (χ3v) is 1.88. The van der Waals surface area contributed by atoms with Gasteiger partial charge in [0.15, 0.2) is 0 Å². The molecule has 0 aromatic heterocycles. The first kappa shape index (κ1) is 16.2. The molecule has 0 aliphatic rings. The molecule has 6 nitrogen and oxygen atoms in total. The quantitative estimate of drug-likeness (QED) is 0.469. The zero-order valence-electron chi connectivity index (χ0n) is 9.34. The largest absolute Gasteiger partial charge is 0.474 e. The molecular weight excluding hydrogens is 257 g/mol. The van der Waals surface area contributed by atoms with Crippen LogP contribution in [0.3, 0.4) is 0 Å². The number of unbranched alkanes of at least 4 members (excludes halogenated alkanes) is 2. The Balaban J connectivity index is 3.45. The highest BCUT2D eigenvalue weighted by atomic mass is 19.4. The second kappa shape index (κ2) is 7.51. The average molecular weight is 270 g/mol. The molecule has 18 heavy (non-hydrogen) atoms. The van der Waals surface area contributed by atoms with Gasteiger partial charge in [-0.1, -0.05) is 0 Å². The van der Waals surface area contributed by atoms with Crippen molar-refractivity contribution in [3.63, 3.8) is 0 Å². The number of halogens is 3. The molecule has 0 bridgehead atoms. The smallest absolute Gasteiger partial charge is 0.471 e. The molecule has 0 saturated carbocycles. The number of amides is 2. The minimum absolute atomic E-state index is 0.120. The summed E-state index contributed by atoms with van der Waals surface area (Å²) in [6.45, 7) is 0.00354. The monoisotopic (exact) mass is 270 g/mol. The first-order valence-corrected chi connectivity index (χ1v) is 5.11. The van der Waals surface area contributed by atoms with Crippen molar-refractivity contribution in [2.75, 3.05) is 13.1 Å². The highest BCUT2D eigenvalue weighted by molar-refractivity contribution is 6.31. The van der Waals surface area contributed by atoms with Crippen LogP contribution >= 0.6 is 0 Å². The van der Waals surface area contributed by atoms with Crippen molar-refractivity contribution in [3.8, 4) is 0 Å². The highest BCUT2D eigenvalue weighted by Gasteiger charge is 2.38. The molecule has 0 fully saturated rings. The van der Waals surface area contributed by atoms with Gasteiger partial charge in [0, 0.05) is 13.1 Å². The molecule has 9 heteroatoms. The molecule has 0 aliphatic carbocycles. The van der Waals surface area contributed by atoms with Crippen molar-refractivity contribution >= 4 is 17.8 Å². The molecule has 3 N–H and O–H groups in total. The van der Waals surface area contributed by atoms with E-state index in [1.165, 1.54) is 0 Å². The van der Waals surface area contributed by atoms with E-state index in [1.54, 1.807) is 5.32 Å². The SMILES string of the molecule is O=C(O)C(=O)NCCCCCNC(=O)C(F)(F)F. The normalized spacial score (nSPS) is 10.8. The van der Waals surface area contributed by atoms with Crippen LogP contribution in [0.1, 0.15) is 19.3 Å². The van der Waals surface area contributed by atoms with E-state index < -0.39 is 24.0 Å². The Kier molecular flexibility index (Phi) is 6.76. The van der Waals surface area contributed by atoms with Gasteiger partial charge in [0.05, 0.1) is 0 Å². The van der Waals surface area contributed by atoms with Crippen molar-refractivity contribution in [2.24, 2.45) is 0 Å². The van der Waals surface area contributed by atoms with E-state index in [0.717, 1.165) is 0 Å². The Hall–Kier alpha value is -1.80. The predicted octanol–water partition coefficient (Wildman–Crippen LogP) is 0.0360.